The van der Waals surface area contributed by atoms with Gasteiger partial charge < -0.3 is 0 Å². The summed E-state index contributed by atoms with van der Waals surface area (Å²) in [6, 6.07) is 0. The predicted molar refractivity (Wildman–Crippen MR) is 75.4 cm³/mol. The minimum absolute atomic E-state index is 0.267. The topological polar surface area (TPSA) is 17.1 Å². The molecule has 0 bridgehead atoms. The lowest BCUT2D eigenvalue weighted by molar-refractivity contribution is -0.115. The van der Waals surface area contributed by atoms with Gasteiger partial charge in [0.2, 0.25) is 0 Å². The zero-order valence-corrected chi connectivity index (χ0v) is 12.9. The fraction of sp³-hybridized carbons (Fsp3) is 0.615. The van der Waals surface area contributed by atoms with Crippen LogP contribution in [0.5, 0.6) is 0 Å². The molecule has 1 atom stereocenters. The van der Waals surface area contributed by atoms with Crippen LogP contribution in [0.3, 0.4) is 0 Å². The molecule has 0 heterocycles. The molecule has 0 saturated heterocycles. The van der Waals surface area contributed by atoms with E-state index in [1.54, 1.807) is 6.08 Å². The Morgan fingerprint density at radius 1 is 1.50 bits per heavy atom. The third-order valence-electron chi connectivity index (χ3n) is 2.39. The first-order valence-corrected chi connectivity index (χ1v) is 10.2. The maximum atomic E-state index is 11.3. The Morgan fingerprint density at radius 2 is 2.19 bits per heavy atom. The Kier molecular flexibility index (Phi) is 5.01. The quantitative estimate of drug-likeness (QED) is 0.432. The second kappa shape index (κ2) is 5.84. The molecule has 3 heteroatoms. The number of ketones is 1. The van der Waals surface area contributed by atoms with Crippen molar-refractivity contribution in [3.63, 3.8) is 0 Å². The molecule has 1 rings (SSSR count). The average molecular weight is 299 g/mol. The maximum Gasteiger partial charge on any atom is 0.155 e. The van der Waals surface area contributed by atoms with E-state index in [4.69, 9.17) is 0 Å². The van der Waals surface area contributed by atoms with Crippen molar-refractivity contribution in [3.05, 3.63) is 11.6 Å². The number of allylic oxidation sites excluding steroid dienone is 2. The summed E-state index contributed by atoms with van der Waals surface area (Å²) in [7, 11) is -1.23. The standard InChI is InChI=1S/C13H19BrOSi/c1-16(2,3)9-5-4-6-11-10-12(15)7-8-13(11)14/h10,13H,4,6-8H2,1-3H3. The van der Waals surface area contributed by atoms with Crippen LogP contribution >= 0.6 is 15.9 Å². The number of rotatable bonds is 2. The number of carbonyl (C=O) groups is 1. The molecule has 0 aromatic carbocycles. The SMILES string of the molecule is C[Si](C)(C)C#CCCC1=CC(=O)CCC1Br. The van der Waals surface area contributed by atoms with Crippen LogP contribution in [0.15, 0.2) is 11.6 Å². The summed E-state index contributed by atoms with van der Waals surface area (Å²) in [6.45, 7) is 6.74. The monoisotopic (exact) mass is 298 g/mol. The van der Waals surface area contributed by atoms with Crippen molar-refractivity contribution in [2.45, 2.75) is 50.2 Å². The minimum atomic E-state index is -1.23. The predicted octanol–water partition coefficient (Wildman–Crippen LogP) is 3.70. The van der Waals surface area contributed by atoms with Crippen LogP contribution in [-0.4, -0.2) is 18.7 Å². The normalized spacial score (nSPS) is 21.1. The van der Waals surface area contributed by atoms with Crippen molar-refractivity contribution < 1.29 is 4.79 Å². The van der Waals surface area contributed by atoms with E-state index in [-0.39, 0.29) is 5.78 Å². The van der Waals surface area contributed by atoms with E-state index in [1.165, 1.54) is 5.57 Å². The maximum absolute atomic E-state index is 11.3. The van der Waals surface area contributed by atoms with E-state index in [2.05, 4.69) is 47.0 Å². The van der Waals surface area contributed by atoms with Crippen molar-refractivity contribution in [3.8, 4) is 11.5 Å². The molecule has 1 aliphatic carbocycles. The Balaban J connectivity index is 2.48. The van der Waals surface area contributed by atoms with Gasteiger partial charge in [-0.15, -0.1) is 11.5 Å². The second-order valence-corrected chi connectivity index (χ2v) is 11.1. The summed E-state index contributed by atoms with van der Waals surface area (Å²) in [5.41, 5.74) is 4.57. The first kappa shape index (κ1) is 13.7. The summed E-state index contributed by atoms with van der Waals surface area (Å²) < 4.78 is 0. The van der Waals surface area contributed by atoms with Crippen molar-refractivity contribution in [1.82, 2.24) is 0 Å². The lowest BCUT2D eigenvalue weighted by Gasteiger charge is -2.17. The van der Waals surface area contributed by atoms with Gasteiger partial charge in [0.05, 0.1) is 0 Å². The number of carbonyl (C=O) groups excluding carboxylic acids is 1. The van der Waals surface area contributed by atoms with Crippen molar-refractivity contribution >= 4 is 29.8 Å². The van der Waals surface area contributed by atoms with E-state index < -0.39 is 8.07 Å². The van der Waals surface area contributed by atoms with Gasteiger partial charge in [-0.3, -0.25) is 4.79 Å². The van der Waals surface area contributed by atoms with E-state index in [9.17, 15) is 4.79 Å². The van der Waals surface area contributed by atoms with E-state index in [0.717, 1.165) is 19.3 Å². The molecular weight excluding hydrogens is 280 g/mol. The van der Waals surface area contributed by atoms with Crippen LogP contribution < -0.4 is 0 Å². The molecule has 1 aliphatic rings. The van der Waals surface area contributed by atoms with Crippen LogP contribution in [0.1, 0.15) is 25.7 Å². The molecule has 0 radical (unpaired) electrons. The largest absolute Gasteiger partial charge is 0.295 e. The molecule has 1 unspecified atom stereocenters. The molecule has 88 valence electrons. The Labute approximate surface area is 108 Å². The third-order valence-corrected chi connectivity index (χ3v) is 4.37. The molecule has 0 amide bonds. The van der Waals surface area contributed by atoms with E-state index in [0.29, 0.717) is 11.2 Å². The first-order valence-electron chi connectivity index (χ1n) is 5.76. The highest BCUT2D eigenvalue weighted by molar-refractivity contribution is 9.09. The van der Waals surface area contributed by atoms with Gasteiger partial charge in [0.25, 0.3) is 0 Å². The lowest BCUT2D eigenvalue weighted by atomic mass is 9.95. The number of hydrogen-bond donors (Lipinski definition) is 0. The van der Waals surface area contributed by atoms with Gasteiger partial charge in [0.1, 0.15) is 8.07 Å². The molecular formula is C13H19BrOSi. The highest BCUT2D eigenvalue weighted by atomic mass is 79.9. The molecule has 0 aromatic heterocycles. The van der Waals surface area contributed by atoms with Gasteiger partial charge in [-0.2, -0.15) is 0 Å². The summed E-state index contributed by atoms with van der Waals surface area (Å²) in [5, 5.41) is 0. The molecule has 0 fully saturated rings. The molecule has 16 heavy (non-hydrogen) atoms. The van der Waals surface area contributed by atoms with Gasteiger partial charge in [-0.05, 0) is 18.9 Å². The number of alkyl halides is 1. The summed E-state index contributed by atoms with van der Waals surface area (Å²) in [6.07, 6.45) is 5.23. The van der Waals surface area contributed by atoms with Crippen molar-refractivity contribution in [1.29, 1.82) is 0 Å². The van der Waals surface area contributed by atoms with Gasteiger partial charge in [0.15, 0.2) is 5.78 Å². The smallest absolute Gasteiger partial charge is 0.155 e. The first-order chi connectivity index (χ1) is 7.38. The highest BCUT2D eigenvalue weighted by Gasteiger charge is 2.18. The molecule has 0 aromatic rings. The molecule has 0 saturated carbocycles. The zero-order valence-electron chi connectivity index (χ0n) is 10.3. The second-order valence-electron chi connectivity index (χ2n) is 5.24. The summed E-state index contributed by atoms with van der Waals surface area (Å²) >= 11 is 3.61. The van der Waals surface area contributed by atoms with Crippen molar-refractivity contribution in [2.75, 3.05) is 0 Å². The van der Waals surface area contributed by atoms with Crippen LogP contribution in [0.4, 0.5) is 0 Å². The molecule has 0 aliphatic heterocycles. The third kappa shape index (κ3) is 5.13. The minimum Gasteiger partial charge on any atom is -0.295 e. The Hall–Kier alpha value is -0.333. The van der Waals surface area contributed by atoms with Gasteiger partial charge in [-0.1, -0.05) is 41.1 Å². The van der Waals surface area contributed by atoms with Gasteiger partial charge >= 0.3 is 0 Å². The fourth-order valence-corrected chi connectivity index (χ4v) is 2.83. The van der Waals surface area contributed by atoms with E-state index in [1.807, 2.05) is 0 Å². The van der Waals surface area contributed by atoms with E-state index >= 15 is 0 Å². The number of hydrogen-bond acceptors (Lipinski definition) is 1. The Morgan fingerprint density at radius 3 is 2.81 bits per heavy atom. The summed E-state index contributed by atoms with van der Waals surface area (Å²) in [4.78, 5) is 11.7. The van der Waals surface area contributed by atoms with Crippen LogP contribution in [0.2, 0.25) is 19.6 Å². The highest BCUT2D eigenvalue weighted by Crippen LogP contribution is 2.26. The fourth-order valence-electron chi connectivity index (χ4n) is 1.59. The number of halogens is 1. The molecule has 1 nitrogen and oxygen atoms in total. The van der Waals surface area contributed by atoms with Crippen molar-refractivity contribution in [2.24, 2.45) is 0 Å². The van der Waals surface area contributed by atoms with Crippen LogP contribution in [0.25, 0.3) is 0 Å². The molecule has 0 spiro atoms. The van der Waals surface area contributed by atoms with Gasteiger partial charge in [-0.25, -0.2) is 0 Å². The average Bonchev–Trinajstić information content (AvgIpc) is 2.16. The van der Waals surface area contributed by atoms with Crippen LogP contribution in [-0.2, 0) is 4.79 Å². The Bertz CT molecular complexity index is 354. The summed E-state index contributed by atoms with van der Waals surface area (Å²) in [5.74, 6) is 3.51. The van der Waals surface area contributed by atoms with Gasteiger partial charge in [0, 0.05) is 17.7 Å². The van der Waals surface area contributed by atoms with Crippen LogP contribution in [0, 0.1) is 11.5 Å². The molecule has 0 N–H and O–H groups in total. The zero-order chi connectivity index (χ0) is 12.2. The lowest BCUT2D eigenvalue weighted by Crippen LogP contribution is -2.16.